The average Bonchev–Trinajstić information content (AvgIpc) is 2.31. The molecule has 1 aliphatic heterocycles. The van der Waals surface area contributed by atoms with Crippen LogP contribution in [0.25, 0.3) is 0 Å². The second kappa shape index (κ2) is 6.02. The fourth-order valence-corrected chi connectivity index (χ4v) is 2.87. The molecular weight excluding hydrogens is 241 g/mol. The van der Waals surface area contributed by atoms with Crippen LogP contribution >= 0.6 is 0 Å². The van der Waals surface area contributed by atoms with Crippen LogP contribution in [0.2, 0.25) is 0 Å². The third kappa shape index (κ3) is 3.77. The van der Waals surface area contributed by atoms with Gasteiger partial charge >= 0.3 is 0 Å². The highest BCUT2D eigenvalue weighted by Crippen LogP contribution is 2.23. The Balaban J connectivity index is 2.00. The highest BCUT2D eigenvalue weighted by molar-refractivity contribution is 5.25. The fraction of sp³-hybridized carbons (Fsp3) is 0.625. The molecule has 0 bridgehead atoms. The lowest BCUT2D eigenvalue weighted by Crippen LogP contribution is -2.42. The van der Waals surface area contributed by atoms with Crippen molar-refractivity contribution in [2.75, 3.05) is 0 Å². The summed E-state index contributed by atoms with van der Waals surface area (Å²) in [5.41, 5.74) is 1.71. The van der Waals surface area contributed by atoms with Gasteiger partial charge in [0.15, 0.2) is 0 Å². The van der Waals surface area contributed by atoms with Crippen LogP contribution in [0.15, 0.2) is 18.2 Å². The summed E-state index contributed by atoms with van der Waals surface area (Å²) in [5.74, 6) is -0.125. The maximum Gasteiger partial charge on any atom is 0.126 e. The van der Waals surface area contributed by atoms with Crippen LogP contribution in [-0.2, 0) is 4.74 Å². The fourth-order valence-electron chi connectivity index (χ4n) is 2.87. The molecule has 1 aliphatic rings. The molecule has 3 unspecified atom stereocenters. The summed E-state index contributed by atoms with van der Waals surface area (Å²) in [5, 5.41) is 3.60. The van der Waals surface area contributed by atoms with E-state index in [0.29, 0.717) is 23.8 Å². The molecule has 1 N–H and O–H groups in total. The molecule has 1 heterocycles. The summed E-state index contributed by atoms with van der Waals surface area (Å²) in [6.07, 6.45) is 2.62. The number of rotatable bonds is 3. The van der Waals surface area contributed by atoms with Crippen LogP contribution in [0.5, 0.6) is 0 Å². The molecule has 0 aliphatic carbocycles. The largest absolute Gasteiger partial charge is 0.375 e. The molecule has 0 aromatic heterocycles. The Kier molecular flexibility index (Phi) is 4.58. The SMILES string of the molecule is Cc1ccc(C(C)NC2CC(C)OC(C)C2)cc1F. The molecule has 0 radical (unpaired) electrons. The van der Waals surface area contributed by atoms with Gasteiger partial charge in [0.05, 0.1) is 12.2 Å². The van der Waals surface area contributed by atoms with E-state index < -0.39 is 0 Å². The van der Waals surface area contributed by atoms with Gasteiger partial charge in [-0.05, 0) is 57.7 Å². The van der Waals surface area contributed by atoms with Gasteiger partial charge in [0.2, 0.25) is 0 Å². The van der Waals surface area contributed by atoms with Crippen LogP contribution in [0.3, 0.4) is 0 Å². The second-order valence-electron chi connectivity index (χ2n) is 5.82. The number of nitrogens with one attached hydrogen (secondary N) is 1. The van der Waals surface area contributed by atoms with Crippen molar-refractivity contribution in [3.05, 3.63) is 35.1 Å². The van der Waals surface area contributed by atoms with Crippen molar-refractivity contribution in [1.82, 2.24) is 5.32 Å². The van der Waals surface area contributed by atoms with Crippen LogP contribution in [-0.4, -0.2) is 18.2 Å². The normalized spacial score (nSPS) is 29.2. The molecule has 19 heavy (non-hydrogen) atoms. The summed E-state index contributed by atoms with van der Waals surface area (Å²) in [6, 6.07) is 6.09. The summed E-state index contributed by atoms with van der Waals surface area (Å²) in [4.78, 5) is 0. The van der Waals surface area contributed by atoms with E-state index in [1.165, 1.54) is 0 Å². The average molecular weight is 265 g/mol. The summed E-state index contributed by atoms with van der Waals surface area (Å²) < 4.78 is 19.3. The van der Waals surface area contributed by atoms with Gasteiger partial charge < -0.3 is 10.1 Å². The number of aryl methyl sites for hydroxylation is 1. The zero-order chi connectivity index (χ0) is 14.0. The molecule has 1 fully saturated rings. The smallest absolute Gasteiger partial charge is 0.126 e. The van der Waals surface area contributed by atoms with Gasteiger partial charge in [-0.25, -0.2) is 4.39 Å². The molecule has 3 atom stereocenters. The van der Waals surface area contributed by atoms with E-state index in [1.807, 2.05) is 12.1 Å². The van der Waals surface area contributed by atoms with Gasteiger partial charge in [0.25, 0.3) is 0 Å². The van der Waals surface area contributed by atoms with Crippen LogP contribution in [0.4, 0.5) is 4.39 Å². The van der Waals surface area contributed by atoms with E-state index in [9.17, 15) is 4.39 Å². The summed E-state index contributed by atoms with van der Waals surface area (Å²) in [7, 11) is 0. The predicted octanol–water partition coefficient (Wildman–Crippen LogP) is 3.74. The molecule has 2 nitrogen and oxygen atoms in total. The maximum atomic E-state index is 13.6. The van der Waals surface area contributed by atoms with Gasteiger partial charge in [-0.1, -0.05) is 12.1 Å². The summed E-state index contributed by atoms with van der Waals surface area (Å²) in [6.45, 7) is 8.11. The van der Waals surface area contributed by atoms with Crippen molar-refractivity contribution in [3.63, 3.8) is 0 Å². The first-order chi connectivity index (χ1) is 8.95. The van der Waals surface area contributed by atoms with E-state index in [0.717, 1.165) is 18.4 Å². The minimum Gasteiger partial charge on any atom is -0.375 e. The molecular formula is C16H24FNO. The molecule has 2 rings (SSSR count). The lowest BCUT2D eigenvalue weighted by molar-refractivity contribution is -0.0433. The number of hydrogen-bond acceptors (Lipinski definition) is 2. The van der Waals surface area contributed by atoms with Gasteiger partial charge in [0, 0.05) is 12.1 Å². The number of hydrogen-bond donors (Lipinski definition) is 1. The number of halogens is 1. The lowest BCUT2D eigenvalue weighted by Gasteiger charge is -2.34. The minimum absolute atomic E-state index is 0.125. The van der Waals surface area contributed by atoms with Gasteiger partial charge in [-0.15, -0.1) is 0 Å². The highest BCUT2D eigenvalue weighted by Gasteiger charge is 2.25. The maximum absolute atomic E-state index is 13.6. The van der Waals surface area contributed by atoms with Crippen molar-refractivity contribution in [2.45, 2.75) is 64.8 Å². The number of ether oxygens (including phenoxy) is 1. The third-order valence-corrected chi connectivity index (χ3v) is 3.88. The topological polar surface area (TPSA) is 21.3 Å². The Hall–Kier alpha value is -0.930. The first-order valence-electron chi connectivity index (χ1n) is 7.13. The van der Waals surface area contributed by atoms with E-state index in [2.05, 4.69) is 26.1 Å². The first kappa shape index (κ1) is 14.5. The zero-order valence-corrected chi connectivity index (χ0v) is 12.2. The molecule has 0 amide bonds. The van der Waals surface area contributed by atoms with Crippen molar-refractivity contribution >= 4 is 0 Å². The minimum atomic E-state index is -0.125. The summed E-state index contributed by atoms with van der Waals surface area (Å²) >= 11 is 0. The van der Waals surface area contributed by atoms with Gasteiger partial charge in [-0.2, -0.15) is 0 Å². The molecule has 1 aromatic carbocycles. The quantitative estimate of drug-likeness (QED) is 0.899. The van der Waals surface area contributed by atoms with Crippen LogP contribution in [0, 0.1) is 12.7 Å². The standard InChI is InChI=1S/C16H24FNO/c1-10-5-6-14(9-16(10)17)13(4)18-15-7-11(2)19-12(3)8-15/h5-6,9,11-13,15,18H,7-8H2,1-4H3. The monoisotopic (exact) mass is 265 g/mol. The molecule has 1 saturated heterocycles. The Morgan fingerprint density at radius 2 is 1.89 bits per heavy atom. The Morgan fingerprint density at radius 1 is 1.26 bits per heavy atom. The van der Waals surface area contributed by atoms with Crippen molar-refractivity contribution in [1.29, 1.82) is 0 Å². The zero-order valence-electron chi connectivity index (χ0n) is 12.2. The second-order valence-corrected chi connectivity index (χ2v) is 5.82. The molecule has 106 valence electrons. The molecule has 0 spiro atoms. The lowest BCUT2D eigenvalue weighted by atomic mass is 9.97. The van der Waals surface area contributed by atoms with Crippen molar-refractivity contribution < 1.29 is 9.13 Å². The number of benzene rings is 1. The first-order valence-corrected chi connectivity index (χ1v) is 7.13. The molecule has 3 heteroatoms. The van der Waals surface area contributed by atoms with E-state index in [4.69, 9.17) is 4.74 Å². The van der Waals surface area contributed by atoms with Gasteiger partial charge in [-0.3, -0.25) is 0 Å². The predicted molar refractivity (Wildman–Crippen MR) is 75.7 cm³/mol. The van der Waals surface area contributed by atoms with E-state index >= 15 is 0 Å². The Labute approximate surface area is 115 Å². The van der Waals surface area contributed by atoms with Gasteiger partial charge in [0.1, 0.15) is 5.82 Å². The Bertz CT molecular complexity index is 425. The molecule has 1 aromatic rings. The Morgan fingerprint density at radius 3 is 2.47 bits per heavy atom. The molecule has 0 saturated carbocycles. The third-order valence-electron chi connectivity index (χ3n) is 3.88. The van der Waals surface area contributed by atoms with Crippen molar-refractivity contribution in [3.8, 4) is 0 Å². The van der Waals surface area contributed by atoms with Crippen LogP contribution < -0.4 is 5.32 Å². The van der Waals surface area contributed by atoms with Crippen LogP contribution in [0.1, 0.15) is 50.8 Å². The van der Waals surface area contributed by atoms with E-state index in [-0.39, 0.29) is 11.9 Å². The van der Waals surface area contributed by atoms with Crippen molar-refractivity contribution in [2.24, 2.45) is 0 Å². The highest BCUT2D eigenvalue weighted by atomic mass is 19.1. The van der Waals surface area contributed by atoms with E-state index in [1.54, 1.807) is 13.0 Å².